The number of hydrogen-bond acceptors (Lipinski definition) is 4. The van der Waals surface area contributed by atoms with E-state index in [0.29, 0.717) is 17.5 Å². The number of nitrogens with zero attached hydrogens (tertiary/aromatic N) is 3. The molecule has 0 aliphatic carbocycles. The Morgan fingerprint density at radius 3 is 2.44 bits per heavy atom. The number of nitrogens with one attached hydrogen (secondary N) is 1. The number of likely N-dealkylation sites (tertiary alicyclic amines) is 2. The minimum absolute atomic E-state index is 0.00351. The number of carbonyl (C=O) groups is 2. The Hall–Kier alpha value is -2.86. The summed E-state index contributed by atoms with van der Waals surface area (Å²) in [6, 6.07) is 18.7. The Kier molecular flexibility index (Phi) is 7.10. The van der Waals surface area contributed by atoms with Crippen molar-refractivity contribution in [2.75, 3.05) is 51.7 Å². The van der Waals surface area contributed by atoms with E-state index >= 15 is 0 Å². The number of anilines is 1. The largest absolute Gasteiger partial charge is 0.378 e. The molecule has 2 aromatic carbocycles. The number of piperidine rings is 1. The Balaban J connectivity index is 1.23. The van der Waals surface area contributed by atoms with E-state index in [1.165, 1.54) is 18.4 Å². The van der Waals surface area contributed by atoms with E-state index in [0.717, 1.165) is 38.3 Å². The summed E-state index contributed by atoms with van der Waals surface area (Å²) in [6.07, 6.45) is 3.37. The van der Waals surface area contributed by atoms with Crippen LogP contribution in [0.4, 0.5) is 5.69 Å². The lowest BCUT2D eigenvalue weighted by Gasteiger charge is -2.36. The molecule has 4 rings (SSSR count). The van der Waals surface area contributed by atoms with Crippen LogP contribution < -0.4 is 10.2 Å². The molecule has 2 aliphatic heterocycles. The molecule has 2 heterocycles. The number of benzene rings is 2. The highest BCUT2D eigenvalue weighted by Gasteiger charge is 2.32. The van der Waals surface area contributed by atoms with Gasteiger partial charge in [-0.1, -0.05) is 36.4 Å². The maximum absolute atomic E-state index is 12.7. The van der Waals surface area contributed by atoms with Crippen LogP contribution in [0.2, 0.25) is 0 Å². The molecule has 0 aromatic heterocycles. The molecular formula is C26H34N4O2. The molecule has 1 N–H and O–H groups in total. The fourth-order valence-electron chi connectivity index (χ4n) is 4.88. The molecular weight excluding hydrogens is 400 g/mol. The van der Waals surface area contributed by atoms with Crippen LogP contribution in [0.3, 0.4) is 0 Å². The molecule has 0 radical (unpaired) electrons. The molecule has 170 valence electrons. The highest BCUT2D eigenvalue weighted by molar-refractivity contribution is 5.97. The monoisotopic (exact) mass is 434 g/mol. The molecule has 1 atom stereocenters. The van der Waals surface area contributed by atoms with Crippen molar-refractivity contribution in [2.45, 2.75) is 31.2 Å². The van der Waals surface area contributed by atoms with Gasteiger partial charge in [-0.05, 0) is 62.0 Å². The summed E-state index contributed by atoms with van der Waals surface area (Å²) in [5.41, 5.74) is 2.98. The first-order chi connectivity index (χ1) is 15.5. The molecule has 2 saturated heterocycles. The molecule has 1 unspecified atom stereocenters. The molecule has 0 bridgehead atoms. The number of amides is 2. The van der Waals surface area contributed by atoms with E-state index in [1.54, 1.807) is 6.07 Å². The van der Waals surface area contributed by atoms with Crippen molar-refractivity contribution in [3.63, 3.8) is 0 Å². The lowest BCUT2D eigenvalue weighted by molar-refractivity contribution is -0.129. The van der Waals surface area contributed by atoms with Crippen molar-refractivity contribution < 1.29 is 9.59 Å². The molecule has 2 aliphatic rings. The molecule has 2 amide bonds. The summed E-state index contributed by atoms with van der Waals surface area (Å²) >= 11 is 0. The predicted molar refractivity (Wildman–Crippen MR) is 128 cm³/mol. The summed E-state index contributed by atoms with van der Waals surface area (Å²) in [5.74, 6) is 0.442. The van der Waals surface area contributed by atoms with Crippen LogP contribution in [0, 0.1) is 0 Å². The maximum atomic E-state index is 12.7. The van der Waals surface area contributed by atoms with Crippen molar-refractivity contribution in [1.82, 2.24) is 15.1 Å². The number of rotatable bonds is 6. The normalized spacial score (nSPS) is 19.7. The minimum atomic E-state index is -0.208. The summed E-state index contributed by atoms with van der Waals surface area (Å²) in [6.45, 7) is 3.76. The molecule has 2 fully saturated rings. The Bertz CT molecular complexity index is 922. The van der Waals surface area contributed by atoms with Crippen LogP contribution in [0.1, 0.15) is 41.1 Å². The van der Waals surface area contributed by atoms with Gasteiger partial charge in [0.15, 0.2) is 0 Å². The smallest absolute Gasteiger partial charge is 0.251 e. The van der Waals surface area contributed by atoms with E-state index in [4.69, 9.17) is 0 Å². The lowest BCUT2D eigenvalue weighted by Crippen LogP contribution is -2.44. The van der Waals surface area contributed by atoms with Gasteiger partial charge in [0.1, 0.15) is 0 Å². The summed E-state index contributed by atoms with van der Waals surface area (Å²) in [7, 11) is 3.88. The van der Waals surface area contributed by atoms with Gasteiger partial charge in [-0.2, -0.15) is 0 Å². The van der Waals surface area contributed by atoms with Gasteiger partial charge in [0, 0.05) is 44.5 Å². The average molecular weight is 435 g/mol. The fraction of sp³-hybridized carbons (Fsp3) is 0.462. The number of hydrogen-bond donors (Lipinski definition) is 1. The van der Waals surface area contributed by atoms with Gasteiger partial charge in [0.2, 0.25) is 5.91 Å². The Morgan fingerprint density at radius 1 is 0.969 bits per heavy atom. The second-order valence-electron chi connectivity index (χ2n) is 9.13. The molecule has 6 nitrogen and oxygen atoms in total. The van der Waals surface area contributed by atoms with Gasteiger partial charge in [-0.3, -0.25) is 14.5 Å². The molecule has 32 heavy (non-hydrogen) atoms. The summed E-state index contributed by atoms with van der Waals surface area (Å²) < 4.78 is 0. The number of carbonyl (C=O) groups excluding carboxylic acids is 2. The van der Waals surface area contributed by atoms with E-state index in [2.05, 4.69) is 40.5 Å². The molecule has 6 heteroatoms. The molecule has 2 aromatic rings. The highest BCUT2D eigenvalue weighted by atomic mass is 16.2. The summed E-state index contributed by atoms with van der Waals surface area (Å²) in [5, 5.41) is 2.80. The van der Waals surface area contributed by atoms with Crippen molar-refractivity contribution >= 4 is 17.5 Å². The Labute approximate surface area is 191 Å². The maximum Gasteiger partial charge on any atom is 0.251 e. The first kappa shape index (κ1) is 22.3. The van der Waals surface area contributed by atoms with Gasteiger partial charge in [-0.25, -0.2) is 0 Å². The first-order valence-corrected chi connectivity index (χ1v) is 11.6. The van der Waals surface area contributed by atoms with Crippen LogP contribution in [-0.2, 0) is 4.79 Å². The van der Waals surface area contributed by atoms with Crippen molar-refractivity contribution in [2.24, 2.45) is 0 Å². The third-order valence-electron chi connectivity index (χ3n) is 6.86. The van der Waals surface area contributed by atoms with Crippen LogP contribution in [0.25, 0.3) is 0 Å². The van der Waals surface area contributed by atoms with Crippen molar-refractivity contribution in [3.8, 4) is 0 Å². The van der Waals surface area contributed by atoms with Crippen LogP contribution in [-0.4, -0.2) is 74.5 Å². The van der Waals surface area contributed by atoms with E-state index in [1.807, 2.05) is 42.1 Å². The average Bonchev–Trinajstić information content (AvgIpc) is 3.33. The van der Waals surface area contributed by atoms with Gasteiger partial charge in [0.05, 0.1) is 6.54 Å². The topological polar surface area (TPSA) is 55.9 Å². The first-order valence-electron chi connectivity index (χ1n) is 11.6. The summed E-state index contributed by atoms with van der Waals surface area (Å²) in [4.78, 5) is 31.6. The standard InChI is InChI=1S/C26H34N4O2/c1-28(2)23-10-6-9-22(17-23)26(32)27-18-25(31)30-16-13-24(19-30)29-14-11-21(12-15-29)20-7-4-3-5-8-20/h3-10,17,21,24H,11-16,18-19H2,1-2H3,(H,27,32). The molecule has 0 saturated carbocycles. The zero-order valence-corrected chi connectivity index (χ0v) is 19.2. The highest BCUT2D eigenvalue weighted by Crippen LogP contribution is 2.30. The SMILES string of the molecule is CN(C)c1cccc(C(=O)NCC(=O)N2CCC(N3CCC(c4ccccc4)CC3)C2)c1. The third-order valence-corrected chi connectivity index (χ3v) is 6.86. The quantitative estimate of drug-likeness (QED) is 0.760. The van der Waals surface area contributed by atoms with Gasteiger partial charge >= 0.3 is 0 Å². The van der Waals surface area contributed by atoms with Crippen LogP contribution in [0.15, 0.2) is 54.6 Å². The van der Waals surface area contributed by atoms with Crippen LogP contribution >= 0.6 is 0 Å². The van der Waals surface area contributed by atoms with Gasteiger partial charge in [-0.15, -0.1) is 0 Å². The lowest BCUT2D eigenvalue weighted by atomic mass is 9.89. The second kappa shape index (κ2) is 10.2. The van der Waals surface area contributed by atoms with E-state index in [9.17, 15) is 9.59 Å². The van der Waals surface area contributed by atoms with Crippen molar-refractivity contribution in [3.05, 3.63) is 65.7 Å². The predicted octanol–water partition coefficient (Wildman–Crippen LogP) is 2.96. The van der Waals surface area contributed by atoms with E-state index < -0.39 is 0 Å². The zero-order chi connectivity index (χ0) is 22.5. The Morgan fingerprint density at radius 2 is 1.72 bits per heavy atom. The third kappa shape index (κ3) is 5.30. The zero-order valence-electron chi connectivity index (χ0n) is 19.2. The van der Waals surface area contributed by atoms with E-state index in [-0.39, 0.29) is 18.4 Å². The molecule has 0 spiro atoms. The van der Waals surface area contributed by atoms with Gasteiger partial charge in [0.25, 0.3) is 5.91 Å². The fourth-order valence-corrected chi connectivity index (χ4v) is 4.88. The van der Waals surface area contributed by atoms with Gasteiger partial charge < -0.3 is 15.1 Å². The van der Waals surface area contributed by atoms with Crippen LogP contribution in [0.5, 0.6) is 0 Å². The van der Waals surface area contributed by atoms with Crippen molar-refractivity contribution in [1.29, 1.82) is 0 Å². The second-order valence-corrected chi connectivity index (χ2v) is 9.13. The minimum Gasteiger partial charge on any atom is -0.378 e.